The number of nitrogens with zero attached hydrogens (tertiary/aromatic N) is 4. The second-order valence-corrected chi connectivity index (χ2v) is 7.39. The van der Waals surface area contributed by atoms with Crippen LogP contribution in [0.4, 0.5) is 11.5 Å². The number of hydrogen-bond donors (Lipinski definition) is 1. The topological polar surface area (TPSA) is 95.2 Å². The summed E-state index contributed by atoms with van der Waals surface area (Å²) >= 11 is 0. The molecule has 0 aliphatic rings. The zero-order valence-corrected chi connectivity index (χ0v) is 18.4. The molecule has 0 radical (unpaired) electrons. The number of aromatic nitrogens is 4. The van der Waals surface area contributed by atoms with Crippen molar-refractivity contribution in [3.8, 4) is 34.7 Å². The van der Waals surface area contributed by atoms with Gasteiger partial charge in [0.2, 0.25) is 11.7 Å². The molecule has 1 N–H and O–H groups in total. The summed E-state index contributed by atoms with van der Waals surface area (Å²) in [7, 11) is 3.20. The standard InChI is InChI=1S/C25H21N5O3/c1-15-8-10-16(11-9-15)24-29-30-25(33-24)23-27-19-7-5-4-6-18(19)22(28-23)26-17-12-13-20(31-2)21(14-17)32-3/h4-14H,1-3H3,(H,26,27,28). The number of para-hydroxylation sites is 1. The van der Waals surface area contributed by atoms with E-state index in [1.165, 1.54) is 0 Å². The molecule has 2 aromatic heterocycles. The minimum Gasteiger partial charge on any atom is -0.493 e. The van der Waals surface area contributed by atoms with E-state index in [0.717, 1.165) is 27.7 Å². The molecule has 0 spiro atoms. The molecule has 0 aliphatic heterocycles. The van der Waals surface area contributed by atoms with Gasteiger partial charge in [-0.1, -0.05) is 29.8 Å². The fourth-order valence-electron chi connectivity index (χ4n) is 3.44. The summed E-state index contributed by atoms with van der Waals surface area (Å²) in [5, 5.41) is 12.6. The van der Waals surface area contributed by atoms with Crippen molar-refractivity contribution in [2.75, 3.05) is 19.5 Å². The van der Waals surface area contributed by atoms with Crippen LogP contribution in [0.5, 0.6) is 11.5 Å². The first kappa shape index (κ1) is 20.4. The predicted octanol–water partition coefficient (Wildman–Crippen LogP) is 5.42. The number of aryl methyl sites for hydroxylation is 1. The van der Waals surface area contributed by atoms with E-state index < -0.39 is 0 Å². The van der Waals surface area contributed by atoms with E-state index >= 15 is 0 Å². The summed E-state index contributed by atoms with van der Waals surface area (Å²) in [4.78, 5) is 9.33. The number of nitrogens with one attached hydrogen (secondary N) is 1. The van der Waals surface area contributed by atoms with Crippen LogP contribution in [-0.4, -0.2) is 34.4 Å². The third-order valence-corrected chi connectivity index (χ3v) is 5.16. The molecule has 0 aliphatic carbocycles. The number of rotatable bonds is 6. The highest BCUT2D eigenvalue weighted by Crippen LogP contribution is 2.33. The van der Waals surface area contributed by atoms with Crippen molar-refractivity contribution >= 4 is 22.4 Å². The zero-order valence-electron chi connectivity index (χ0n) is 18.4. The molecule has 5 rings (SSSR count). The smallest absolute Gasteiger partial charge is 0.286 e. The molecule has 8 heteroatoms. The third kappa shape index (κ3) is 4.06. The molecule has 5 aromatic rings. The average Bonchev–Trinajstić information content (AvgIpc) is 3.35. The Morgan fingerprint density at radius 2 is 1.55 bits per heavy atom. The van der Waals surface area contributed by atoms with Gasteiger partial charge >= 0.3 is 0 Å². The first-order chi connectivity index (χ1) is 16.1. The Morgan fingerprint density at radius 1 is 0.788 bits per heavy atom. The van der Waals surface area contributed by atoms with E-state index in [1.54, 1.807) is 14.2 Å². The van der Waals surface area contributed by atoms with Crippen molar-refractivity contribution in [3.63, 3.8) is 0 Å². The lowest BCUT2D eigenvalue weighted by Crippen LogP contribution is -2.00. The monoisotopic (exact) mass is 439 g/mol. The molecule has 0 bridgehead atoms. The van der Waals surface area contributed by atoms with Gasteiger partial charge in [0.1, 0.15) is 5.82 Å². The Labute approximate surface area is 190 Å². The average molecular weight is 439 g/mol. The van der Waals surface area contributed by atoms with Crippen LogP contribution in [-0.2, 0) is 0 Å². The van der Waals surface area contributed by atoms with Crippen LogP contribution in [0.2, 0.25) is 0 Å². The number of anilines is 2. The molecule has 8 nitrogen and oxygen atoms in total. The van der Waals surface area contributed by atoms with E-state index in [4.69, 9.17) is 18.9 Å². The first-order valence-corrected chi connectivity index (χ1v) is 10.3. The lowest BCUT2D eigenvalue weighted by Gasteiger charge is -2.12. The van der Waals surface area contributed by atoms with Crippen molar-refractivity contribution in [2.24, 2.45) is 0 Å². The van der Waals surface area contributed by atoms with Crippen LogP contribution in [0.1, 0.15) is 5.56 Å². The number of fused-ring (bicyclic) bond motifs is 1. The molecule has 2 heterocycles. The van der Waals surface area contributed by atoms with Gasteiger partial charge < -0.3 is 19.2 Å². The van der Waals surface area contributed by atoms with E-state index in [1.807, 2.05) is 73.7 Å². The van der Waals surface area contributed by atoms with Crippen LogP contribution in [0.3, 0.4) is 0 Å². The second kappa shape index (κ2) is 8.58. The summed E-state index contributed by atoms with van der Waals surface area (Å²) in [5.74, 6) is 2.86. The Bertz CT molecular complexity index is 1430. The summed E-state index contributed by atoms with van der Waals surface area (Å²) < 4.78 is 16.6. The summed E-state index contributed by atoms with van der Waals surface area (Å²) in [6.07, 6.45) is 0. The van der Waals surface area contributed by atoms with Crippen molar-refractivity contribution in [1.82, 2.24) is 20.2 Å². The van der Waals surface area contributed by atoms with Crippen LogP contribution in [0.25, 0.3) is 34.1 Å². The van der Waals surface area contributed by atoms with E-state index in [0.29, 0.717) is 29.0 Å². The Kier molecular flexibility index (Phi) is 5.32. The quantitative estimate of drug-likeness (QED) is 0.375. The molecule has 0 atom stereocenters. The first-order valence-electron chi connectivity index (χ1n) is 10.3. The molecule has 33 heavy (non-hydrogen) atoms. The second-order valence-electron chi connectivity index (χ2n) is 7.39. The van der Waals surface area contributed by atoms with Gasteiger partial charge in [0.05, 0.1) is 19.7 Å². The Balaban J connectivity index is 1.55. The van der Waals surface area contributed by atoms with Crippen molar-refractivity contribution < 1.29 is 13.9 Å². The van der Waals surface area contributed by atoms with Crippen LogP contribution < -0.4 is 14.8 Å². The van der Waals surface area contributed by atoms with Crippen molar-refractivity contribution in [3.05, 3.63) is 72.3 Å². The molecule has 0 saturated heterocycles. The van der Waals surface area contributed by atoms with Gasteiger partial charge in [-0.15, -0.1) is 10.2 Å². The molecule has 0 fully saturated rings. The minimum atomic E-state index is 0.242. The van der Waals surface area contributed by atoms with E-state index in [2.05, 4.69) is 20.5 Å². The largest absolute Gasteiger partial charge is 0.493 e. The van der Waals surface area contributed by atoms with Crippen molar-refractivity contribution in [2.45, 2.75) is 6.92 Å². The highest BCUT2D eigenvalue weighted by molar-refractivity contribution is 5.92. The van der Waals surface area contributed by atoms with E-state index in [9.17, 15) is 0 Å². The normalized spacial score (nSPS) is 10.9. The van der Waals surface area contributed by atoms with Crippen LogP contribution in [0.15, 0.2) is 71.1 Å². The van der Waals surface area contributed by atoms with Gasteiger partial charge in [-0.05, 0) is 43.3 Å². The van der Waals surface area contributed by atoms with Crippen LogP contribution in [0, 0.1) is 6.92 Å². The SMILES string of the molecule is COc1ccc(Nc2nc(-c3nnc(-c4ccc(C)cc4)o3)nc3ccccc23)cc1OC. The number of ether oxygens (including phenoxy) is 2. The lowest BCUT2D eigenvalue weighted by molar-refractivity contribution is 0.355. The van der Waals surface area contributed by atoms with Gasteiger partial charge in [0.15, 0.2) is 11.5 Å². The molecular weight excluding hydrogens is 418 g/mol. The minimum absolute atomic E-state index is 0.242. The van der Waals surface area contributed by atoms with Crippen LogP contribution >= 0.6 is 0 Å². The fourth-order valence-corrected chi connectivity index (χ4v) is 3.44. The molecule has 164 valence electrons. The molecular formula is C25H21N5O3. The number of benzene rings is 3. The lowest BCUT2D eigenvalue weighted by atomic mass is 10.1. The Morgan fingerprint density at radius 3 is 2.33 bits per heavy atom. The molecule has 0 unspecified atom stereocenters. The number of hydrogen-bond acceptors (Lipinski definition) is 8. The van der Waals surface area contributed by atoms with Gasteiger partial charge in [-0.3, -0.25) is 0 Å². The number of methoxy groups -OCH3 is 2. The predicted molar refractivity (Wildman–Crippen MR) is 126 cm³/mol. The summed E-state index contributed by atoms with van der Waals surface area (Å²) in [6, 6.07) is 21.2. The zero-order chi connectivity index (χ0) is 22.8. The molecule has 3 aromatic carbocycles. The fraction of sp³-hybridized carbons (Fsp3) is 0.120. The van der Waals surface area contributed by atoms with Gasteiger partial charge in [-0.25, -0.2) is 9.97 Å². The maximum atomic E-state index is 5.91. The highest BCUT2D eigenvalue weighted by atomic mass is 16.5. The molecule has 0 saturated carbocycles. The summed E-state index contributed by atoms with van der Waals surface area (Å²) in [5.41, 5.74) is 3.53. The third-order valence-electron chi connectivity index (χ3n) is 5.16. The van der Waals surface area contributed by atoms with Crippen molar-refractivity contribution in [1.29, 1.82) is 0 Å². The highest BCUT2D eigenvalue weighted by Gasteiger charge is 2.17. The van der Waals surface area contributed by atoms with Gasteiger partial charge in [0.25, 0.3) is 5.89 Å². The maximum Gasteiger partial charge on any atom is 0.286 e. The van der Waals surface area contributed by atoms with Gasteiger partial charge in [0, 0.05) is 22.7 Å². The Hall–Kier alpha value is -4.46. The molecule has 0 amide bonds. The van der Waals surface area contributed by atoms with Gasteiger partial charge in [-0.2, -0.15) is 0 Å². The van der Waals surface area contributed by atoms with E-state index in [-0.39, 0.29) is 5.89 Å². The summed E-state index contributed by atoms with van der Waals surface area (Å²) in [6.45, 7) is 2.03. The maximum absolute atomic E-state index is 5.91.